The van der Waals surface area contributed by atoms with Crippen LogP contribution < -0.4 is 0 Å². The molecule has 3 rings (SSSR count). The largest absolute Gasteiger partial charge is 0.336 e. The molecule has 28 heavy (non-hydrogen) atoms. The van der Waals surface area contributed by atoms with Crippen LogP contribution in [0.4, 0.5) is 0 Å². The maximum atomic E-state index is 13.2. The first-order valence-electron chi connectivity index (χ1n) is 9.54. The van der Waals surface area contributed by atoms with Crippen molar-refractivity contribution in [2.75, 3.05) is 0 Å². The molecule has 0 aliphatic carbocycles. The summed E-state index contributed by atoms with van der Waals surface area (Å²) in [6.07, 6.45) is 0.337. The minimum Gasteiger partial charge on any atom is -0.336 e. The molecule has 2 aromatic carbocycles. The molecule has 0 fully saturated rings. The molecule has 0 saturated carbocycles. The van der Waals surface area contributed by atoms with Gasteiger partial charge in [0.05, 0.1) is 23.6 Å². The average molecular weight is 371 g/mol. The van der Waals surface area contributed by atoms with Gasteiger partial charge in [-0.25, -0.2) is 0 Å². The van der Waals surface area contributed by atoms with Gasteiger partial charge in [-0.1, -0.05) is 30.3 Å². The highest BCUT2D eigenvalue weighted by atomic mass is 16.2. The molecule has 0 N–H and O–H groups in total. The summed E-state index contributed by atoms with van der Waals surface area (Å²) in [5, 5.41) is 10.1. The summed E-state index contributed by atoms with van der Waals surface area (Å²) >= 11 is 0. The van der Waals surface area contributed by atoms with Gasteiger partial charge in [-0.3, -0.25) is 9.78 Å². The molecule has 4 heteroatoms. The Hall–Kier alpha value is -3.19. The molecule has 142 valence electrons. The number of pyridine rings is 1. The van der Waals surface area contributed by atoms with Crippen molar-refractivity contribution in [2.45, 2.75) is 46.7 Å². The predicted octanol–water partition coefficient (Wildman–Crippen LogP) is 4.70. The van der Waals surface area contributed by atoms with Crippen molar-refractivity contribution in [3.63, 3.8) is 0 Å². The Morgan fingerprint density at radius 3 is 2.43 bits per heavy atom. The number of aryl methyl sites for hydroxylation is 2. The minimum atomic E-state index is 0.0807. The van der Waals surface area contributed by atoms with Gasteiger partial charge in [-0.2, -0.15) is 5.26 Å². The lowest BCUT2D eigenvalue weighted by Crippen LogP contribution is -2.37. The van der Waals surface area contributed by atoms with E-state index < -0.39 is 0 Å². The van der Waals surface area contributed by atoms with Crippen molar-refractivity contribution < 1.29 is 4.79 Å². The summed E-state index contributed by atoms with van der Waals surface area (Å²) in [4.78, 5) is 19.7. The van der Waals surface area contributed by atoms with Gasteiger partial charge in [-0.15, -0.1) is 0 Å². The summed E-state index contributed by atoms with van der Waals surface area (Å²) in [7, 11) is 0. The van der Waals surface area contributed by atoms with Crippen molar-refractivity contribution in [3.05, 3.63) is 76.5 Å². The Balaban J connectivity index is 1.86. The quantitative estimate of drug-likeness (QED) is 0.653. The smallest absolute Gasteiger partial charge is 0.227 e. The molecule has 0 radical (unpaired) electrons. The molecule has 1 amide bonds. The fourth-order valence-corrected chi connectivity index (χ4v) is 3.52. The fourth-order valence-electron chi connectivity index (χ4n) is 3.52. The second-order valence-corrected chi connectivity index (χ2v) is 7.42. The monoisotopic (exact) mass is 371 g/mol. The van der Waals surface area contributed by atoms with Crippen LogP contribution in [0.1, 0.15) is 41.8 Å². The molecule has 0 bridgehead atoms. The van der Waals surface area contributed by atoms with E-state index in [4.69, 9.17) is 10.2 Å². The molecule has 0 atom stereocenters. The van der Waals surface area contributed by atoms with Gasteiger partial charge in [-0.05, 0) is 62.6 Å². The molecular weight excluding hydrogens is 346 g/mol. The van der Waals surface area contributed by atoms with Gasteiger partial charge in [0.25, 0.3) is 0 Å². The number of nitriles is 1. The summed E-state index contributed by atoms with van der Waals surface area (Å²) in [6, 6.07) is 17.7. The number of carbonyl (C=O) groups excluding carboxylic acids is 1. The standard InChI is InChI=1S/C24H25N3O/c1-16(2)27(15-20-11-9-19(14-25)10-12-20)24(28)13-22-17(3)21-7-5-6-8-23(21)26-18(22)4/h5-12,16H,13,15H2,1-4H3. The van der Waals surface area contributed by atoms with Gasteiger partial charge < -0.3 is 4.90 Å². The molecule has 3 aromatic rings. The molecule has 1 aromatic heterocycles. The molecule has 0 aliphatic heterocycles. The molecule has 0 saturated heterocycles. The zero-order valence-electron chi connectivity index (χ0n) is 16.9. The number of aromatic nitrogens is 1. The molecule has 0 aliphatic rings. The van der Waals surface area contributed by atoms with Crippen molar-refractivity contribution in [1.82, 2.24) is 9.88 Å². The summed E-state index contributed by atoms with van der Waals surface area (Å²) < 4.78 is 0. The lowest BCUT2D eigenvalue weighted by atomic mass is 9.98. The minimum absolute atomic E-state index is 0.0807. The van der Waals surface area contributed by atoms with Gasteiger partial charge in [0.1, 0.15) is 0 Å². The third-order valence-electron chi connectivity index (χ3n) is 5.19. The van der Waals surface area contributed by atoms with Crippen molar-refractivity contribution >= 4 is 16.8 Å². The third kappa shape index (κ3) is 4.04. The van der Waals surface area contributed by atoms with Crippen LogP contribution in [0.3, 0.4) is 0 Å². The van der Waals surface area contributed by atoms with E-state index in [-0.39, 0.29) is 11.9 Å². The van der Waals surface area contributed by atoms with Crippen LogP contribution in [-0.2, 0) is 17.8 Å². The van der Waals surface area contributed by atoms with E-state index in [0.29, 0.717) is 18.5 Å². The number of hydrogen-bond acceptors (Lipinski definition) is 3. The first kappa shape index (κ1) is 19.6. The van der Waals surface area contributed by atoms with Gasteiger partial charge in [0.2, 0.25) is 5.91 Å². The van der Waals surface area contributed by atoms with E-state index in [9.17, 15) is 4.79 Å². The zero-order valence-corrected chi connectivity index (χ0v) is 16.9. The number of rotatable bonds is 5. The average Bonchev–Trinajstić information content (AvgIpc) is 2.69. The number of hydrogen-bond donors (Lipinski definition) is 0. The molecule has 0 unspecified atom stereocenters. The highest BCUT2D eigenvalue weighted by Gasteiger charge is 2.20. The summed E-state index contributed by atoms with van der Waals surface area (Å²) in [5.74, 6) is 0.0858. The van der Waals surface area contributed by atoms with Crippen LogP contribution in [0.5, 0.6) is 0 Å². The van der Waals surface area contributed by atoms with Gasteiger partial charge >= 0.3 is 0 Å². The first-order valence-corrected chi connectivity index (χ1v) is 9.54. The highest BCUT2D eigenvalue weighted by Crippen LogP contribution is 2.24. The Morgan fingerprint density at radius 1 is 1.11 bits per heavy atom. The molecular formula is C24H25N3O. The maximum absolute atomic E-state index is 13.2. The number of nitrogens with zero attached hydrogens (tertiary/aromatic N) is 3. The van der Waals surface area contributed by atoms with E-state index in [2.05, 4.69) is 19.1 Å². The van der Waals surface area contributed by atoms with Crippen LogP contribution in [0.25, 0.3) is 10.9 Å². The van der Waals surface area contributed by atoms with Gasteiger partial charge in [0.15, 0.2) is 0 Å². The van der Waals surface area contributed by atoms with E-state index in [1.807, 2.05) is 56.0 Å². The van der Waals surface area contributed by atoms with Crippen LogP contribution >= 0.6 is 0 Å². The number of benzene rings is 2. The summed E-state index contributed by atoms with van der Waals surface area (Å²) in [5.41, 5.74) is 5.65. The Morgan fingerprint density at radius 2 is 1.79 bits per heavy atom. The second kappa shape index (κ2) is 8.22. The fraction of sp³-hybridized carbons (Fsp3) is 0.292. The number of fused-ring (bicyclic) bond motifs is 1. The lowest BCUT2D eigenvalue weighted by Gasteiger charge is -2.27. The number of amides is 1. The topological polar surface area (TPSA) is 57.0 Å². The van der Waals surface area contributed by atoms with E-state index in [0.717, 1.165) is 33.3 Å². The maximum Gasteiger partial charge on any atom is 0.227 e. The molecule has 1 heterocycles. The van der Waals surface area contributed by atoms with Crippen molar-refractivity contribution in [2.24, 2.45) is 0 Å². The second-order valence-electron chi connectivity index (χ2n) is 7.42. The number of para-hydroxylation sites is 1. The van der Waals surface area contributed by atoms with E-state index in [1.54, 1.807) is 12.1 Å². The lowest BCUT2D eigenvalue weighted by molar-refractivity contribution is -0.132. The summed E-state index contributed by atoms with van der Waals surface area (Å²) in [6.45, 7) is 8.63. The Kier molecular flexibility index (Phi) is 5.75. The van der Waals surface area contributed by atoms with Crippen LogP contribution in [-0.4, -0.2) is 21.8 Å². The molecule has 4 nitrogen and oxygen atoms in total. The highest BCUT2D eigenvalue weighted by molar-refractivity contribution is 5.86. The molecule has 0 spiro atoms. The Labute approximate surface area is 166 Å². The van der Waals surface area contributed by atoms with Crippen molar-refractivity contribution in [1.29, 1.82) is 5.26 Å². The Bertz CT molecular complexity index is 1050. The third-order valence-corrected chi connectivity index (χ3v) is 5.19. The predicted molar refractivity (Wildman–Crippen MR) is 112 cm³/mol. The first-order chi connectivity index (χ1) is 13.4. The normalized spacial score (nSPS) is 10.9. The van der Waals surface area contributed by atoms with E-state index >= 15 is 0 Å². The zero-order chi connectivity index (χ0) is 20.3. The van der Waals surface area contributed by atoms with Crippen LogP contribution in [0, 0.1) is 25.2 Å². The van der Waals surface area contributed by atoms with Crippen LogP contribution in [0.15, 0.2) is 48.5 Å². The van der Waals surface area contributed by atoms with E-state index in [1.165, 1.54) is 0 Å². The van der Waals surface area contributed by atoms with Gasteiger partial charge in [0, 0.05) is 23.7 Å². The van der Waals surface area contributed by atoms with Crippen molar-refractivity contribution in [3.8, 4) is 6.07 Å². The SMILES string of the molecule is Cc1nc2ccccc2c(C)c1CC(=O)N(Cc1ccc(C#N)cc1)C(C)C. The van der Waals surface area contributed by atoms with Crippen LogP contribution in [0.2, 0.25) is 0 Å². The number of carbonyl (C=O) groups is 1.